The Bertz CT molecular complexity index is 1360. The maximum atomic E-state index is 13.9. The number of nitrogens with two attached hydrogens (primary N) is 1. The molecular weight excluding hydrogens is 428 g/mol. The lowest BCUT2D eigenvalue weighted by Crippen LogP contribution is -2.50. The van der Waals surface area contributed by atoms with Crippen LogP contribution < -0.4 is 11.1 Å². The Labute approximate surface area is 185 Å². The first kappa shape index (κ1) is 20.5. The van der Waals surface area contributed by atoms with Gasteiger partial charge < -0.3 is 15.8 Å². The number of hydrogen-bond acceptors (Lipinski definition) is 6. The molecule has 1 spiro atoms. The summed E-state index contributed by atoms with van der Waals surface area (Å²) in [5, 5.41) is 2.77. The van der Waals surface area contributed by atoms with Crippen LogP contribution in [0.2, 0.25) is 0 Å². The summed E-state index contributed by atoms with van der Waals surface area (Å²) in [6, 6.07) is 14.5. The first-order chi connectivity index (χ1) is 15.1. The van der Waals surface area contributed by atoms with Crippen LogP contribution in [-0.2, 0) is 29.6 Å². The maximum absolute atomic E-state index is 13.9. The number of rotatable bonds is 2. The Morgan fingerprint density at radius 1 is 0.969 bits per heavy atom. The molecule has 0 aromatic heterocycles. The minimum Gasteiger partial charge on any atom is -0.444 e. The molecule has 0 saturated heterocycles. The molecule has 2 aromatic rings. The second-order valence-corrected chi connectivity index (χ2v) is 11.0. The van der Waals surface area contributed by atoms with Gasteiger partial charge in [0.2, 0.25) is 21.6 Å². The molecular formula is C24H22N2O5S. The Hall–Kier alpha value is -3.39. The van der Waals surface area contributed by atoms with E-state index in [1.54, 1.807) is 42.5 Å². The predicted octanol–water partition coefficient (Wildman–Crippen LogP) is 3.15. The number of hydrogen-bond donors (Lipinski definition) is 2. The van der Waals surface area contributed by atoms with E-state index in [9.17, 15) is 18.0 Å². The second kappa shape index (κ2) is 6.56. The molecule has 1 atom stereocenters. The third-order valence-corrected chi connectivity index (χ3v) is 8.19. The van der Waals surface area contributed by atoms with Crippen molar-refractivity contribution >= 4 is 27.2 Å². The van der Waals surface area contributed by atoms with E-state index < -0.39 is 31.5 Å². The molecule has 1 aliphatic carbocycles. The van der Waals surface area contributed by atoms with Crippen molar-refractivity contribution in [2.45, 2.75) is 37.0 Å². The number of benzene rings is 2. The zero-order valence-electron chi connectivity index (χ0n) is 17.6. The quantitative estimate of drug-likeness (QED) is 0.726. The number of ether oxygens (including phenoxy) is 1. The molecule has 8 heteroatoms. The standard InChI is InChI=1S/C24H22N2O5S/c1-23(2)12-17(27)19-18(13-23)31-21(25)20(32(29,30)14-8-4-3-5-9-14)24(19)15-10-6-7-11-16(15)26-22(24)28/h3-11H,12-13,25H2,1-2H3,(H,26,28). The number of carbonyl (C=O) groups excluding carboxylic acids is 2. The Balaban J connectivity index is 1.89. The van der Waals surface area contributed by atoms with Gasteiger partial charge in [0.25, 0.3) is 0 Å². The lowest BCUT2D eigenvalue weighted by molar-refractivity contribution is -0.124. The number of ketones is 1. The number of sulfone groups is 1. The van der Waals surface area contributed by atoms with E-state index >= 15 is 0 Å². The monoisotopic (exact) mass is 450 g/mol. The molecule has 5 rings (SSSR count). The number of allylic oxidation sites excluding steroid dienone is 1. The van der Waals surface area contributed by atoms with Crippen molar-refractivity contribution in [3.05, 3.63) is 82.3 Å². The topological polar surface area (TPSA) is 116 Å². The van der Waals surface area contributed by atoms with Crippen LogP contribution in [0.15, 0.2) is 81.6 Å². The summed E-state index contributed by atoms with van der Waals surface area (Å²) in [5.74, 6) is -1.08. The minimum atomic E-state index is -4.30. The number of nitrogens with one attached hydrogen (secondary N) is 1. The Kier molecular flexibility index (Phi) is 4.20. The van der Waals surface area contributed by atoms with E-state index in [-0.39, 0.29) is 34.3 Å². The fourth-order valence-electron chi connectivity index (χ4n) is 5.03. The fraction of sp³-hybridized carbons (Fsp3) is 0.250. The molecule has 7 nitrogen and oxygen atoms in total. The summed E-state index contributed by atoms with van der Waals surface area (Å²) in [5.41, 5.74) is 4.83. The Morgan fingerprint density at radius 3 is 2.34 bits per heavy atom. The lowest BCUT2D eigenvalue weighted by atomic mass is 9.65. The summed E-state index contributed by atoms with van der Waals surface area (Å²) in [6.07, 6.45) is 0.510. The van der Waals surface area contributed by atoms with Crippen molar-refractivity contribution in [3.63, 3.8) is 0 Å². The second-order valence-electron chi connectivity index (χ2n) is 9.10. The van der Waals surface area contributed by atoms with Gasteiger partial charge in [0, 0.05) is 24.1 Å². The van der Waals surface area contributed by atoms with Crippen LogP contribution >= 0.6 is 0 Å². The molecule has 164 valence electrons. The van der Waals surface area contributed by atoms with E-state index in [0.29, 0.717) is 17.7 Å². The van der Waals surface area contributed by atoms with Gasteiger partial charge in [-0.25, -0.2) is 8.42 Å². The highest BCUT2D eigenvalue weighted by molar-refractivity contribution is 7.95. The molecule has 2 aliphatic heterocycles. The molecule has 32 heavy (non-hydrogen) atoms. The van der Waals surface area contributed by atoms with Gasteiger partial charge in [0.15, 0.2) is 5.78 Å². The van der Waals surface area contributed by atoms with Crippen LogP contribution in [0.3, 0.4) is 0 Å². The third kappa shape index (κ3) is 2.62. The molecule has 2 aromatic carbocycles. The van der Waals surface area contributed by atoms with E-state index in [1.807, 2.05) is 13.8 Å². The number of carbonyl (C=O) groups is 2. The van der Waals surface area contributed by atoms with Crippen LogP contribution in [0.1, 0.15) is 32.3 Å². The summed E-state index contributed by atoms with van der Waals surface area (Å²) < 4.78 is 33.6. The van der Waals surface area contributed by atoms with Gasteiger partial charge in [0.05, 0.1) is 10.5 Å². The number of para-hydroxylation sites is 1. The maximum Gasteiger partial charge on any atom is 0.245 e. The first-order valence-corrected chi connectivity index (χ1v) is 11.7. The predicted molar refractivity (Wildman–Crippen MR) is 118 cm³/mol. The number of Topliss-reactive ketones (excluding diaryl/α,β-unsaturated/α-hetero) is 1. The van der Waals surface area contributed by atoms with Gasteiger partial charge in [-0.05, 0) is 23.6 Å². The summed E-state index contributed by atoms with van der Waals surface area (Å²) in [7, 11) is -4.30. The average Bonchev–Trinajstić information content (AvgIpc) is 2.99. The molecule has 0 saturated carbocycles. The van der Waals surface area contributed by atoms with Gasteiger partial charge in [-0.1, -0.05) is 50.2 Å². The van der Waals surface area contributed by atoms with Gasteiger partial charge >= 0.3 is 0 Å². The van der Waals surface area contributed by atoms with Crippen LogP contribution in [0, 0.1) is 5.41 Å². The smallest absolute Gasteiger partial charge is 0.245 e. The largest absolute Gasteiger partial charge is 0.444 e. The SMILES string of the molecule is CC1(C)CC(=O)C2=C(C1)OC(N)=C(S(=O)(=O)c1ccccc1)C21C(=O)Nc2ccccc21. The van der Waals surface area contributed by atoms with E-state index in [2.05, 4.69) is 5.32 Å². The van der Waals surface area contributed by atoms with Gasteiger partial charge in [0.1, 0.15) is 16.1 Å². The summed E-state index contributed by atoms with van der Waals surface area (Å²) in [4.78, 5) is 26.7. The lowest BCUT2D eigenvalue weighted by Gasteiger charge is -2.42. The van der Waals surface area contributed by atoms with Crippen molar-refractivity contribution in [1.82, 2.24) is 0 Å². The van der Waals surface area contributed by atoms with Crippen LogP contribution in [0.5, 0.6) is 0 Å². The normalized spacial score (nSPS) is 24.2. The highest BCUT2D eigenvalue weighted by Crippen LogP contribution is 2.57. The van der Waals surface area contributed by atoms with Crippen molar-refractivity contribution in [2.24, 2.45) is 11.1 Å². The first-order valence-electron chi connectivity index (χ1n) is 10.2. The highest BCUT2D eigenvalue weighted by Gasteiger charge is 2.63. The molecule has 1 unspecified atom stereocenters. The van der Waals surface area contributed by atoms with Crippen molar-refractivity contribution in [2.75, 3.05) is 5.32 Å². The fourth-order valence-corrected chi connectivity index (χ4v) is 6.79. The summed E-state index contributed by atoms with van der Waals surface area (Å²) in [6.45, 7) is 3.84. The van der Waals surface area contributed by atoms with Crippen molar-refractivity contribution in [3.8, 4) is 0 Å². The molecule has 3 N–H and O–H groups in total. The highest BCUT2D eigenvalue weighted by atomic mass is 32.2. The van der Waals surface area contributed by atoms with Gasteiger partial charge in [-0.2, -0.15) is 0 Å². The average molecular weight is 451 g/mol. The summed E-state index contributed by atoms with van der Waals surface area (Å²) >= 11 is 0. The van der Waals surface area contributed by atoms with E-state index in [0.717, 1.165) is 0 Å². The van der Waals surface area contributed by atoms with E-state index in [4.69, 9.17) is 10.5 Å². The van der Waals surface area contributed by atoms with Crippen LogP contribution in [-0.4, -0.2) is 20.1 Å². The Morgan fingerprint density at radius 2 is 1.62 bits per heavy atom. The molecule has 1 amide bonds. The van der Waals surface area contributed by atoms with Crippen molar-refractivity contribution < 1.29 is 22.7 Å². The molecule has 0 fully saturated rings. The zero-order valence-corrected chi connectivity index (χ0v) is 18.5. The number of fused-ring (bicyclic) bond motifs is 3. The van der Waals surface area contributed by atoms with Crippen molar-refractivity contribution in [1.29, 1.82) is 0 Å². The molecule has 3 aliphatic rings. The molecule has 0 bridgehead atoms. The zero-order chi connectivity index (χ0) is 22.9. The molecule has 2 heterocycles. The van der Waals surface area contributed by atoms with Crippen LogP contribution in [0.25, 0.3) is 0 Å². The van der Waals surface area contributed by atoms with Gasteiger partial charge in [-0.3, -0.25) is 9.59 Å². The minimum absolute atomic E-state index is 0.0363. The van der Waals surface area contributed by atoms with Crippen LogP contribution in [0.4, 0.5) is 5.69 Å². The number of amides is 1. The third-order valence-electron chi connectivity index (χ3n) is 6.25. The van der Waals surface area contributed by atoms with E-state index in [1.165, 1.54) is 12.1 Å². The molecule has 0 radical (unpaired) electrons. The van der Waals surface area contributed by atoms with Gasteiger partial charge in [-0.15, -0.1) is 0 Å². The number of anilines is 1.